The maximum Gasteiger partial charge on any atom is 0.313 e. The van der Waals surface area contributed by atoms with Crippen LogP contribution in [0.5, 0.6) is 5.88 Å². The highest BCUT2D eigenvalue weighted by Gasteiger charge is 2.48. The number of carbonyl (C=O) groups excluding carboxylic acids is 3. The zero-order chi connectivity index (χ0) is 26.8. The van der Waals surface area contributed by atoms with E-state index in [0.29, 0.717) is 5.56 Å². The predicted octanol–water partition coefficient (Wildman–Crippen LogP) is 1.99. The van der Waals surface area contributed by atoms with Gasteiger partial charge in [-0.2, -0.15) is 0 Å². The molecule has 1 aromatic heterocycles. The molecule has 0 unspecified atom stereocenters. The molecule has 0 bridgehead atoms. The molecule has 0 radical (unpaired) electrons. The van der Waals surface area contributed by atoms with E-state index in [0.717, 1.165) is 17.4 Å². The summed E-state index contributed by atoms with van der Waals surface area (Å²) >= 11 is 0. The van der Waals surface area contributed by atoms with Gasteiger partial charge in [0, 0.05) is 26.0 Å². The lowest BCUT2D eigenvalue weighted by molar-refractivity contribution is -0.159. The fourth-order valence-electron chi connectivity index (χ4n) is 3.81. The summed E-state index contributed by atoms with van der Waals surface area (Å²) in [6, 6.07) is 5.60. The molecule has 0 saturated carbocycles. The van der Waals surface area contributed by atoms with E-state index >= 15 is 0 Å². The number of hydrogen-bond donors (Lipinski definition) is 3. The van der Waals surface area contributed by atoms with Crippen LogP contribution in [0.4, 0.5) is 20.2 Å². The van der Waals surface area contributed by atoms with Gasteiger partial charge in [-0.15, -0.1) is 0 Å². The van der Waals surface area contributed by atoms with Crippen molar-refractivity contribution in [2.75, 3.05) is 29.9 Å². The smallest absolute Gasteiger partial charge is 0.313 e. The monoisotopic (exact) mass is 527 g/mol. The van der Waals surface area contributed by atoms with Crippen LogP contribution in [0.1, 0.15) is 36.7 Å². The van der Waals surface area contributed by atoms with Crippen molar-refractivity contribution in [3.63, 3.8) is 0 Å². The van der Waals surface area contributed by atoms with Gasteiger partial charge in [0.1, 0.15) is 5.56 Å². The Hall–Kier alpha value is -3.81. The van der Waals surface area contributed by atoms with Crippen LogP contribution in [0.3, 0.4) is 0 Å². The molecule has 3 rings (SSSR count). The van der Waals surface area contributed by atoms with Gasteiger partial charge in [0.15, 0.2) is 0 Å². The van der Waals surface area contributed by atoms with Gasteiger partial charge in [0.25, 0.3) is 11.8 Å². The zero-order valence-electron chi connectivity index (χ0n) is 19.6. The number of sulfonamides is 1. The lowest BCUT2D eigenvalue weighted by Gasteiger charge is -2.42. The van der Waals surface area contributed by atoms with Crippen molar-refractivity contribution in [1.29, 1.82) is 0 Å². The summed E-state index contributed by atoms with van der Waals surface area (Å²) in [6.45, 7) is 0.876. The number of primary amides is 1. The highest BCUT2D eigenvalue weighted by Crippen LogP contribution is 2.43. The number of likely N-dealkylation sites (tertiary alicyclic amines) is 1. The predicted molar refractivity (Wildman–Crippen MR) is 128 cm³/mol. The summed E-state index contributed by atoms with van der Waals surface area (Å²) in [4.78, 5) is 42.3. The molecule has 4 N–H and O–H groups in total. The first-order valence-electron chi connectivity index (χ1n) is 10.6. The minimum absolute atomic E-state index is 0. The molecule has 1 aliphatic rings. The topological polar surface area (TPSA) is 161 Å². The third kappa shape index (κ3) is 6.05. The summed E-state index contributed by atoms with van der Waals surface area (Å²) in [5, 5.41) is 2.31. The Morgan fingerprint density at radius 3 is 2.42 bits per heavy atom. The Kier molecular flexibility index (Phi) is 7.48. The number of halogens is 2. The SMILES string of the molecule is COc1ncc(NC(=O)C(=O)N2C[C@H](C)C(F)(F)C[C@H]2c2ccc(NS(C)(=O)=O)cc2)cc1C(N)=O.[HH]. The highest BCUT2D eigenvalue weighted by molar-refractivity contribution is 7.92. The molecular weight excluding hydrogens is 500 g/mol. The molecule has 196 valence electrons. The number of alkyl halides is 2. The summed E-state index contributed by atoms with van der Waals surface area (Å²) in [5.41, 5.74) is 5.63. The van der Waals surface area contributed by atoms with Gasteiger partial charge in [0.2, 0.25) is 15.9 Å². The molecule has 2 atom stereocenters. The van der Waals surface area contributed by atoms with E-state index in [1.807, 2.05) is 0 Å². The maximum atomic E-state index is 14.6. The summed E-state index contributed by atoms with van der Waals surface area (Å²) in [5.74, 6) is -7.48. The normalized spacial score (nSPS) is 19.3. The summed E-state index contributed by atoms with van der Waals surface area (Å²) < 4.78 is 59.3. The van der Waals surface area contributed by atoms with Crippen LogP contribution < -0.4 is 20.5 Å². The Bertz CT molecular complexity index is 1290. The van der Waals surface area contributed by atoms with Gasteiger partial charge in [-0.3, -0.25) is 19.1 Å². The van der Waals surface area contributed by atoms with Gasteiger partial charge in [0.05, 0.1) is 31.3 Å². The molecule has 0 spiro atoms. The molecule has 11 nitrogen and oxygen atoms in total. The number of methoxy groups -OCH3 is 1. The Morgan fingerprint density at radius 1 is 1.22 bits per heavy atom. The molecular formula is C22H27F2N5O6S. The van der Waals surface area contributed by atoms with E-state index in [1.54, 1.807) is 0 Å². The maximum absolute atomic E-state index is 14.6. The van der Waals surface area contributed by atoms with E-state index in [1.165, 1.54) is 44.4 Å². The number of nitrogens with two attached hydrogens (primary N) is 1. The quantitative estimate of drug-likeness (QED) is 0.484. The molecule has 1 fully saturated rings. The van der Waals surface area contributed by atoms with Crippen LogP contribution in [0.15, 0.2) is 36.5 Å². The number of piperidine rings is 1. The molecule has 14 heteroatoms. The standard InChI is InChI=1S/C22H25F2N5O6S.H2/c1-12-11-29(21(32)19(31)27-15-8-16(18(25)30)20(35-2)26-10-15)17(9-22(12,23)24)13-4-6-14(7-5-13)28-36(3,33)34;/h4-8,10,12,17,28H,9,11H2,1-3H3,(H2,25,30)(H,27,31);1H/t12-,17-;/m0./s1. The Labute approximate surface area is 207 Å². The average Bonchev–Trinajstić information content (AvgIpc) is 2.79. The number of nitrogens with one attached hydrogen (secondary N) is 2. The molecule has 3 amide bonds. The fraction of sp³-hybridized carbons (Fsp3) is 0.364. The first-order valence-corrected chi connectivity index (χ1v) is 12.5. The molecule has 1 saturated heterocycles. The molecule has 1 aromatic carbocycles. The second kappa shape index (κ2) is 10.0. The van der Waals surface area contributed by atoms with Crippen molar-refractivity contribution in [3.05, 3.63) is 47.7 Å². The molecule has 0 aliphatic carbocycles. The number of nitrogens with zero attached hydrogens (tertiary/aromatic N) is 2. The number of hydrogen-bond acceptors (Lipinski definition) is 7. The summed E-state index contributed by atoms with van der Waals surface area (Å²) in [7, 11) is -2.28. The number of amides is 3. The fourth-order valence-corrected chi connectivity index (χ4v) is 4.37. The van der Waals surface area contributed by atoms with E-state index in [2.05, 4.69) is 15.0 Å². The van der Waals surface area contributed by atoms with E-state index in [4.69, 9.17) is 10.5 Å². The highest BCUT2D eigenvalue weighted by atomic mass is 32.2. The number of rotatable bonds is 6. The molecule has 36 heavy (non-hydrogen) atoms. The average molecular weight is 528 g/mol. The van der Waals surface area contributed by atoms with Gasteiger partial charge in [-0.25, -0.2) is 22.2 Å². The number of carbonyl (C=O) groups is 3. The van der Waals surface area contributed by atoms with Gasteiger partial charge in [-0.1, -0.05) is 19.1 Å². The molecule has 2 aromatic rings. The van der Waals surface area contributed by atoms with Crippen molar-refractivity contribution in [1.82, 2.24) is 9.88 Å². The van der Waals surface area contributed by atoms with E-state index < -0.39 is 58.6 Å². The minimum Gasteiger partial charge on any atom is -0.480 e. The van der Waals surface area contributed by atoms with E-state index in [-0.39, 0.29) is 24.2 Å². The van der Waals surface area contributed by atoms with Crippen LogP contribution in [0.2, 0.25) is 0 Å². The van der Waals surface area contributed by atoms with Crippen molar-refractivity contribution in [2.45, 2.75) is 25.3 Å². The molecule has 2 heterocycles. The summed E-state index contributed by atoms with van der Waals surface area (Å²) in [6.07, 6.45) is 1.38. The van der Waals surface area contributed by atoms with Crippen LogP contribution in [-0.2, 0) is 19.6 Å². The Balaban J connectivity index is 0.00000481. The van der Waals surface area contributed by atoms with Crippen molar-refractivity contribution >= 4 is 39.1 Å². The van der Waals surface area contributed by atoms with Crippen molar-refractivity contribution in [3.8, 4) is 5.88 Å². The number of aromatic nitrogens is 1. The first kappa shape index (κ1) is 26.8. The van der Waals surface area contributed by atoms with Gasteiger partial charge in [-0.05, 0) is 23.8 Å². The van der Waals surface area contributed by atoms with Crippen LogP contribution >= 0.6 is 0 Å². The minimum atomic E-state index is -3.55. The van der Waals surface area contributed by atoms with Gasteiger partial charge >= 0.3 is 11.8 Å². The van der Waals surface area contributed by atoms with Crippen molar-refractivity contribution in [2.24, 2.45) is 11.7 Å². The van der Waals surface area contributed by atoms with Crippen LogP contribution in [0, 0.1) is 5.92 Å². The van der Waals surface area contributed by atoms with Crippen LogP contribution in [-0.4, -0.2) is 61.9 Å². The lowest BCUT2D eigenvalue weighted by Crippen LogP contribution is -2.52. The number of ether oxygens (including phenoxy) is 1. The second-order valence-electron chi connectivity index (χ2n) is 8.43. The van der Waals surface area contributed by atoms with E-state index in [9.17, 15) is 31.6 Å². The largest absolute Gasteiger partial charge is 0.480 e. The second-order valence-corrected chi connectivity index (χ2v) is 10.2. The van der Waals surface area contributed by atoms with Crippen molar-refractivity contribution < 1.29 is 37.7 Å². The number of pyridine rings is 1. The zero-order valence-corrected chi connectivity index (χ0v) is 20.4. The van der Waals surface area contributed by atoms with Crippen LogP contribution in [0.25, 0.3) is 0 Å². The third-order valence-corrected chi connectivity index (χ3v) is 6.26. The molecule has 1 aliphatic heterocycles. The van der Waals surface area contributed by atoms with Gasteiger partial charge < -0.3 is 20.7 Å². The first-order chi connectivity index (χ1) is 16.7. The number of benzene rings is 1. The third-order valence-electron chi connectivity index (χ3n) is 5.65. The number of anilines is 2. The lowest BCUT2D eigenvalue weighted by atomic mass is 9.86. The Morgan fingerprint density at radius 2 is 1.86 bits per heavy atom.